The number of carbonyl (C=O) groups is 1. The van der Waals surface area contributed by atoms with Crippen LogP contribution in [0.4, 0.5) is 0 Å². The second-order valence-corrected chi connectivity index (χ2v) is 4.73. The number of Topliss-reactive ketones (excluding diaryl/α,β-unsaturated/α-hetero) is 1. The van der Waals surface area contributed by atoms with Gasteiger partial charge in [0.15, 0.2) is 5.78 Å². The van der Waals surface area contributed by atoms with Gasteiger partial charge in [-0.3, -0.25) is 4.79 Å². The van der Waals surface area contributed by atoms with E-state index in [0.29, 0.717) is 10.7 Å². The van der Waals surface area contributed by atoms with Crippen LogP contribution in [0.25, 0.3) is 10.9 Å². The normalized spacial score (nSPS) is 10.9. The SMILES string of the molecule is CC(=O)c1c(Cl)c2ccc(Br)cc2n1C. The lowest BCUT2D eigenvalue weighted by Crippen LogP contribution is -2.01. The number of aromatic nitrogens is 1. The largest absolute Gasteiger partial charge is 0.340 e. The quantitative estimate of drug-likeness (QED) is 0.731. The first-order valence-corrected chi connectivity index (χ1v) is 5.64. The van der Waals surface area contributed by atoms with E-state index in [1.165, 1.54) is 6.92 Å². The third kappa shape index (κ3) is 1.60. The van der Waals surface area contributed by atoms with Gasteiger partial charge in [-0.15, -0.1) is 0 Å². The molecule has 0 fully saturated rings. The highest BCUT2D eigenvalue weighted by Crippen LogP contribution is 2.31. The molecule has 2 nitrogen and oxygen atoms in total. The molecular formula is C11H9BrClNO. The molecule has 0 aliphatic heterocycles. The molecule has 78 valence electrons. The second-order valence-electron chi connectivity index (χ2n) is 3.44. The summed E-state index contributed by atoms with van der Waals surface area (Å²) in [5.74, 6) is -0.0187. The van der Waals surface area contributed by atoms with E-state index in [0.717, 1.165) is 15.4 Å². The fourth-order valence-corrected chi connectivity index (χ4v) is 2.52. The van der Waals surface area contributed by atoms with Gasteiger partial charge in [0.2, 0.25) is 0 Å². The fraction of sp³-hybridized carbons (Fsp3) is 0.182. The van der Waals surface area contributed by atoms with Crippen LogP contribution < -0.4 is 0 Å². The lowest BCUT2D eigenvalue weighted by atomic mass is 10.2. The van der Waals surface area contributed by atoms with Gasteiger partial charge in [-0.2, -0.15) is 0 Å². The number of aryl methyl sites for hydroxylation is 1. The smallest absolute Gasteiger partial charge is 0.177 e. The number of carbonyl (C=O) groups excluding carboxylic acids is 1. The van der Waals surface area contributed by atoms with Gasteiger partial charge >= 0.3 is 0 Å². The Hall–Kier alpha value is -0.800. The molecule has 1 heterocycles. The number of ketones is 1. The highest BCUT2D eigenvalue weighted by atomic mass is 79.9. The van der Waals surface area contributed by atoms with Crippen LogP contribution in [-0.2, 0) is 7.05 Å². The third-order valence-electron chi connectivity index (χ3n) is 2.43. The second kappa shape index (κ2) is 3.65. The first kappa shape index (κ1) is 10.7. The monoisotopic (exact) mass is 285 g/mol. The van der Waals surface area contributed by atoms with Gasteiger partial charge in [0, 0.05) is 23.8 Å². The maximum atomic E-state index is 11.4. The van der Waals surface area contributed by atoms with Crippen molar-refractivity contribution in [2.24, 2.45) is 7.05 Å². The van der Waals surface area contributed by atoms with Crippen LogP contribution in [0, 0.1) is 0 Å². The summed E-state index contributed by atoms with van der Waals surface area (Å²) < 4.78 is 2.80. The minimum Gasteiger partial charge on any atom is -0.340 e. The van der Waals surface area contributed by atoms with E-state index in [1.807, 2.05) is 29.8 Å². The van der Waals surface area contributed by atoms with Gasteiger partial charge in [0.25, 0.3) is 0 Å². The molecule has 0 saturated carbocycles. The number of nitrogens with zero attached hydrogens (tertiary/aromatic N) is 1. The van der Waals surface area contributed by atoms with Crippen molar-refractivity contribution in [3.05, 3.63) is 33.4 Å². The van der Waals surface area contributed by atoms with Crippen LogP contribution in [0.2, 0.25) is 5.02 Å². The van der Waals surface area contributed by atoms with Crippen molar-refractivity contribution in [1.29, 1.82) is 0 Å². The number of rotatable bonds is 1. The predicted molar refractivity (Wildman–Crippen MR) is 65.6 cm³/mol. The maximum Gasteiger partial charge on any atom is 0.177 e. The highest BCUT2D eigenvalue weighted by Gasteiger charge is 2.16. The maximum absolute atomic E-state index is 11.4. The van der Waals surface area contributed by atoms with Crippen LogP contribution in [-0.4, -0.2) is 10.4 Å². The Kier molecular flexibility index (Phi) is 2.61. The summed E-state index contributed by atoms with van der Waals surface area (Å²) in [6.45, 7) is 1.52. The number of halogens is 2. The minimum atomic E-state index is -0.0187. The zero-order chi connectivity index (χ0) is 11.2. The van der Waals surface area contributed by atoms with Crippen molar-refractivity contribution >= 4 is 44.2 Å². The van der Waals surface area contributed by atoms with Crippen molar-refractivity contribution in [2.45, 2.75) is 6.92 Å². The average molecular weight is 287 g/mol. The van der Waals surface area contributed by atoms with Crippen molar-refractivity contribution in [2.75, 3.05) is 0 Å². The zero-order valence-electron chi connectivity index (χ0n) is 8.34. The van der Waals surface area contributed by atoms with Crippen LogP contribution in [0.3, 0.4) is 0 Å². The van der Waals surface area contributed by atoms with Crippen molar-refractivity contribution < 1.29 is 4.79 Å². The standard InChI is InChI=1S/C11H9BrClNO/c1-6(15)11-10(13)8-4-3-7(12)5-9(8)14(11)2/h3-5H,1-2H3. The fourth-order valence-electron chi connectivity index (χ4n) is 1.75. The summed E-state index contributed by atoms with van der Waals surface area (Å²) in [7, 11) is 1.84. The number of hydrogen-bond acceptors (Lipinski definition) is 1. The molecule has 0 aliphatic carbocycles. The molecule has 0 atom stereocenters. The van der Waals surface area contributed by atoms with E-state index in [1.54, 1.807) is 0 Å². The van der Waals surface area contributed by atoms with Gasteiger partial charge in [-0.25, -0.2) is 0 Å². The Balaban J connectivity index is 2.91. The Morgan fingerprint density at radius 2 is 2.13 bits per heavy atom. The van der Waals surface area contributed by atoms with E-state index in [2.05, 4.69) is 15.9 Å². The summed E-state index contributed by atoms with van der Waals surface area (Å²) in [6.07, 6.45) is 0. The highest BCUT2D eigenvalue weighted by molar-refractivity contribution is 9.10. The summed E-state index contributed by atoms with van der Waals surface area (Å²) in [5.41, 5.74) is 1.52. The summed E-state index contributed by atoms with van der Waals surface area (Å²) >= 11 is 9.55. The molecule has 15 heavy (non-hydrogen) atoms. The average Bonchev–Trinajstić information content (AvgIpc) is 2.39. The third-order valence-corrected chi connectivity index (χ3v) is 3.31. The first-order chi connectivity index (χ1) is 7.02. The van der Waals surface area contributed by atoms with Gasteiger partial charge < -0.3 is 4.57 Å². The molecule has 0 bridgehead atoms. The number of benzene rings is 1. The Bertz CT molecular complexity index is 559. The molecule has 0 spiro atoms. The van der Waals surface area contributed by atoms with E-state index >= 15 is 0 Å². The molecule has 2 rings (SSSR count). The topological polar surface area (TPSA) is 22.0 Å². The van der Waals surface area contributed by atoms with Crippen LogP contribution in [0.15, 0.2) is 22.7 Å². The Morgan fingerprint density at radius 3 is 2.73 bits per heavy atom. The van der Waals surface area contributed by atoms with Gasteiger partial charge in [-0.05, 0) is 12.1 Å². The Morgan fingerprint density at radius 1 is 1.47 bits per heavy atom. The molecule has 1 aromatic heterocycles. The predicted octanol–water partition coefficient (Wildman–Crippen LogP) is 3.80. The van der Waals surface area contributed by atoms with E-state index in [-0.39, 0.29) is 5.78 Å². The van der Waals surface area contributed by atoms with Gasteiger partial charge in [-0.1, -0.05) is 33.6 Å². The molecule has 0 radical (unpaired) electrons. The van der Waals surface area contributed by atoms with Gasteiger partial charge in [0.05, 0.1) is 10.5 Å². The van der Waals surface area contributed by atoms with E-state index < -0.39 is 0 Å². The number of hydrogen-bond donors (Lipinski definition) is 0. The number of fused-ring (bicyclic) bond motifs is 1. The molecule has 0 amide bonds. The zero-order valence-corrected chi connectivity index (χ0v) is 10.7. The van der Waals surface area contributed by atoms with Crippen LogP contribution >= 0.6 is 27.5 Å². The molecule has 2 aromatic rings. The molecule has 0 aliphatic rings. The molecular weight excluding hydrogens is 277 g/mol. The van der Waals surface area contributed by atoms with Crippen molar-refractivity contribution in [3.63, 3.8) is 0 Å². The molecule has 4 heteroatoms. The molecule has 0 saturated heterocycles. The Labute approximate surface area is 101 Å². The van der Waals surface area contributed by atoms with E-state index in [9.17, 15) is 4.79 Å². The molecule has 1 aromatic carbocycles. The van der Waals surface area contributed by atoms with E-state index in [4.69, 9.17) is 11.6 Å². The summed E-state index contributed by atoms with van der Waals surface area (Å²) in [4.78, 5) is 11.4. The summed E-state index contributed by atoms with van der Waals surface area (Å²) in [6, 6.07) is 5.78. The van der Waals surface area contributed by atoms with Crippen molar-refractivity contribution in [1.82, 2.24) is 4.57 Å². The lowest BCUT2D eigenvalue weighted by molar-refractivity contribution is 0.101. The van der Waals surface area contributed by atoms with Crippen LogP contribution in [0.5, 0.6) is 0 Å². The first-order valence-electron chi connectivity index (χ1n) is 4.46. The lowest BCUT2D eigenvalue weighted by Gasteiger charge is -1.99. The minimum absolute atomic E-state index is 0.0187. The summed E-state index contributed by atoms with van der Waals surface area (Å²) in [5, 5.41) is 1.44. The van der Waals surface area contributed by atoms with Crippen molar-refractivity contribution in [3.8, 4) is 0 Å². The van der Waals surface area contributed by atoms with Crippen LogP contribution in [0.1, 0.15) is 17.4 Å². The molecule has 0 unspecified atom stereocenters. The molecule has 0 N–H and O–H groups in total. The van der Waals surface area contributed by atoms with Gasteiger partial charge in [0.1, 0.15) is 5.69 Å².